The zero-order chi connectivity index (χ0) is 19.5. The maximum Gasteiger partial charge on any atom is 0.692 e. The van der Waals surface area contributed by atoms with E-state index in [2.05, 4.69) is 43.3 Å². The highest BCUT2D eigenvalue weighted by molar-refractivity contribution is 7.31. The third-order valence-corrected chi connectivity index (χ3v) is 3.41. The lowest BCUT2D eigenvalue weighted by Crippen LogP contribution is -2.19. The average molecular weight is 398 g/mol. The van der Waals surface area contributed by atoms with Crippen LogP contribution in [0.1, 0.15) is 24.0 Å². The molecule has 0 radical (unpaired) electrons. The first-order valence-electron chi connectivity index (χ1n) is 7.50. The van der Waals surface area contributed by atoms with E-state index >= 15 is 0 Å². The van der Waals surface area contributed by atoms with Gasteiger partial charge in [-0.25, -0.2) is 0 Å². The molecule has 0 fully saturated rings. The summed E-state index contributed by atoms with van der Waals surface area (Å²) in [5.74, 6) is 1.28. The molecule has 0 saturated heterocycles. The molecular formula is C17H20O7P2+2. The van der Waals surface area contributed by atoms with E-state index in [1.807, 2.05) is 30.3 Å². The largest absolute Gasteiger partial charge is 0.692 e. The molecule has 2 atom stereocenters. The van der Waals surface area contributed by atoms with Gasteiger partial charge in [-0.3, -0.25) is 0 Å². The number of hydrogen-bond donors (Lipinski definition) is 4. The number of benzene rings is 2. The monoisotopic (exact) mass is 398 g/mol. The molecule has 7 nitrogen and oxygen atoms in total. The summed E-state index contributed by atoms with van der Waals surface area (Å²) in [6.45, 7) is 2.13. The predicted octanol–water partition coefficient (Wildman–Crippen LogP) is 3.52. The molecule has 2 unspecified atom stereocenters. The van der Waals surface area contributed by atoms with Gasteiger partial charge in [0.05, 0.1) is 0 Å². The van der Waals surface area contributed by atoms with E-state index in [9.17, 15) is 0 Å². The quantitative estimate of drug-likeness (QED) is 0.583. The Hall–Kier alpha value is -1.98. The van der Waals surface area contributed by atoms with Gasteiger partial charge >= 0.3 is 16.5 Å². The Morgan fingerprint density at radius 1 is 0.885 bits per heavy atom. The minimum atomic E-state index is -2.87. The van der Waals surface area contributed by atoms with Gasteiger partial charge in [0, 0.05) is 15.0 Å². The Kier molecular flexibility index (Phi) is 9.84. The molecule has 0 spiro atoms. The number of para-hydroxylation sites is 1. The van der Waals surface area contributed by atoms with Crippen LogP contribution < -0.4 is 4.74 Å². The van der Waals surface area contributed by atoms with Crippen LogP contribution in [0.3, 0.4) is 0 Å². The van der Waals surface area contributed by atoms with Crippen LogP contribution in [0, 0.1) is 0 Å². The van der Waals surface area contributed by atoms with Gasteiger partial charge in [0.2, 0.25) is 0 Å². The SMILES string of the molecule is CC(Oc1ccccc1)C1C=Cc2ccccc21.O=[P+](O)O.O=[P+](O)O. The summed E-state index contributed by atoms with van der Waals surface area (Å²) >= 11 is 0. The third-order valence-electron chi connectivity index (χ3n) is 3.41. The molecule has 0 heterocycles. The lowest BCUT2D eigenvalue weighted by atomic mass is 9.96. The molecule has 1 aliphatic carbocycles. The summed E-state index contributed by atoms with van der Waals surface area (Å²) in [6, 6.07) is 18.5. The van der Waals surface area contributed by atoms with Crippen molar-refractivity contribution in [3.63, 3.8) is 0 Å². The molecule has 2 aromatic rings. The highest BCUT2D eigenvalue weighted by atomic mass is 31.1. The van der Waals surface area contributed by atoms with Crippen LogP contribution in [0.5, 0.6) is 5.75 Å². The van der Waals surface area contributed by atoms with E-state index in [0.717, 1.165) is 5.75 Å². The Bertz CT molecular complexity index is 730. The second kappa shape index (κ2) is 11.6. The lowest BCUT2D eigenvalue weighted by molar-refractivity contribution is 0.206. The molecule has 3 rings (SSSR count). The Morgan fingerprint density at radius 2 is 1.38 bits per heavy atom. The van der Waals surface area contributed by atoms with Crippen molar-refractivity contribution >= 4 is 22.6 Å². The van der Waals surface area contributed by atoms with E-state index in [0.29, 0.717) is 5.92 Å². The van der Waals surface area contributed by atoms with E-state index < -0.39 is 16.5 Å². The summed E-state index contributed by atoms with van der Waals surface area (Å²) in [5.41, 5.74) is 2.67. The van der Waals surface area contributed by atoms with Crippen molar-refractivity contribution in [3.05, 3.63) is 71.8 Å². The maximum atomic E-state index is 8.70. The van der Waals surface area contributed by atoms with Gasteiger partial charge in [0.25, 0.3) is 0 Å². The molecule has 9 heteroatoms. The Balaban J connectivity index is 0.000000360. The molecule has 0 saturated carbocycles. The van der Waals surface area contributed by atoms with Gasteiger partial charge in [0.15, 0.2) is 0 Å². The summed E-state index contributed by atoms with van der Waals surface area (Å²) in [5, 5.41) is 0. The van der Waals surface area contributed by atoms with Crippen molar-refractivity contribution in [1.29, 1.82) is 0 Å². The minimum absolute atomic E-state index is 0.146. The van der Waals surface area contributed by atoms with Crippen molar-refractivity contribution < 1.29 is 33.4 Å². The second-order valence-electron chi connectivity index (χ2n) is 5.16. The van der Waals surface area contributed by atoms with Crippen molar-refractivity contribution in [1.82, 2.24) is 0 Å². The van der Waals surface area contributed by atoms with Crippen LogP contribution in [0.4, 0.5) is 0 Å². The molecule has 0 amide bonds. The summed E-state index contributed by atoms with van der Waals surface area (Å²) in [7, 11) is -5.74. The fraction of sp³-hybridized carbons (Fsp3) is 0.176. The second-order valence-corrected chi connectivity index (χ2v) is 6.17. The van der Waals surface area contributed by atoms with Crippen LogP contribution in [0.25, 0.3) is 6.08 Å². The van der Waals surface area contributed by atoms with Gasteiger partial charge < -0.3 is 4.74 Å². The van der Waals surface area contributed by atoms with Crippen LogP contribution >= 0.6 is 16.5 Å². The van der Waals surface area contributed by atoms with E-state index in [1.54, 1.807) is 0 Å². The van der Waals surface area contributed by atoms with Gasteiger partial charge in [-0.15, -0.1) is 19.6 Å². The van der Waals surface area contributed by atoms with Crippen molar-refractivity contribution in [2.24, 2.45) is 0 Å². The van der Waals surface area contributed by atoms with E-state index in [-0.39, 0.29) is 6.10 Å². The molecule has 138 valence electrons. The molecule has 26 heavy (non-hydrogen) atoms. The van der Waals surface area contributed by atoms with E-state index in [1.165, 1.54) is 11.1 Å². The molecule has 1 aliphatic rings. The van der Waals surface area contributed by atoms with Crippen LogP contribution in [-0.4, -0.2) is 25.7 Å². The smallest absolute Gasteiger partial charge is 0.490 e. The summed E-state index contributed by atoms with van der Waals surface area (Å²) in [4.78, 5) is 28.5. The fourth-order valence-corrected chi connectivity index (χ4v) is 2.47. The maximum absolute atomic E-state index is 8.70. The molecule has 0 bridgehead atoms. The topological polar surface area (TPSA) is 124 Å². The average Bonchev–Trinajstić information content (AvgIpc) is 2.99. The number of fused-ring (bicyclic) bond motifs is 1. The zero-order valence-corrected chi connectivity index (χ0v) is 15.7. The van der Waals surface area contributed by atoms with Crippen molar-refractivity contribution in [2.45, 2.75) is 18.9 Å². The molecule has 4 N–H and O–H groups in total. The summed E-state index contributed by atoms with van der Waals surface area (Å²) < 4.78 is 23.4. The Labute approximate surface area is 153 Å². The third kappa shape index (κ3) is 8.41. The molecular weight excluding hydrogens is 378 g/mol. The fourth-order valence-electron chi connectivity index (χ4n) is 2.47. The molecule has 0 aromatic heterocycles. The number of rotatable bonds is 3. The van der Waals surface area contributed by atoms with E-state index in [4.69, 9.17) is 33.4 Å². The van der Waals surface area contributed by atoms with Crippen molar-refractivity contribution in [2.75, 3.05) is 0 Å². The number of hydrogen-bond acceptors (Lipinski definition) is 3. The van der Waals surface area contributed by atoms with Gasteiger partial charge in [0.1, 0.15) is 11.9 Å². The first-order valence-corrected chi connectivity index (χ1v) is 9.83. The first-order chi connectivity index (χ1) is 12.3. The first kappa shape index (κ1) is 22.1. The highest BCUT2D eigenvalue weighted by Crippen LogP contribution is 2.33. The standard InChI is InChI=1S/C17H16O.2HO3P/c1-13(18-15-8-3-2-4-9-15)16-12-11-14-7-5-6-10-17(14)16;2*1-4(2)3/h2-13,16H,1H3;2*(H-,1,2,3)/p+2. The minimum Gasteiger partial charge on any atom is -0.490 e. The van der Waals surface area contributed by atoms with Crippen LogP contribution in [0.15, 0.2) is 60.7 Å². The van der Waals surface area contributed by atoms with Crippen molar-refractivity contribution in [3.8, 4) is 5.75 Å². The predicted molar refractivity (Wildman–Crippen MR) is 98.8 cm³/mol. The van der Waals surface area contributed by atoms with Gasteiger partial charge in [-0.1, -0.05) is 54.6 Å². The lowest BCUT2D eigenvalue weighted by Gasteiger charge is -2.21. The molecule has 0 aliphatic heterocycles. The van der Waals surface area contributed by atoms with Crippen LogP contribution in [-0.2, 0) is 9.13 Å². The van der Waals surface area contributed by atoms with Crippen LogP contribution in [0.2, 0.25) is 0 Å². The zero-order valence-electron chi connectivity index (χ0n) is 13.9. The normalized spacial score (nSPS) is 14.7. The number of ether oxygens (including phenoxy) is 1. The van der Waals surface area contributed by atoms with Gasteiger partial charge in [-0.2, -0.15) is 0 Å². The Morgan fingerprint density at radius 3 is 1.96 bits per heavy atom. The summed E-state index contributed by atoms with van der Waals surface area (Å²) in [6.07, 6.45) is 4.57. The molecule has 2 aromatic carbocycles. The van der Waals surface area contributed by atoms with Gasteiger partial charge in [-0.05, 0) is 30.2 Å². The highest BCUT2D eigenvalue weighted by Gasteiger charge is 2.23.